The number of rotatable bonds is 5. The molecule has 0 amide bonds. The minimum atomic E-state index is 0.0793. The Morgan fingerprint density at radius 2 is 2.17 bits per heavy atom. The van der Waals surface area contributed by atoms with Gasteiger partial charge in [-0.25, -0.2) is 9.50 Å². The molecule has 5 nitrogen and oxygen atoms in total. The lowest BCUT2D eigenvalue weighted by molar-refractivity contribution is 0.529. The number of anilines is 1. The van der Waals surface area contributed by atoms with Crippen LogP contribution in [0.1, 0.15) is 47.5 Å². The average Bonchev–Trinajstić information content (AvgIpc) is 3.13. The van der Waals surface area contributed by atoms with Crippen molar-refractivity contribution in [3.63, 3.8) is 0 Å². The third-order valence-corrected chi connectivity index (χ3v) is 5.24. The molecular weight excluding hydrogens is 318 g/mol. The summed E-state index contributed by atoms with van der Waals surface area (Å²) in [6.45, 7) is 8.54. The van der Waals surface area contributed by atoms with Crippen LogP contribution in [0.2, 0.25) is 0 Å². The Morgan fingerprint density at radius 3 is 2.79 bits per heavy atom. The fourth-order valence-corrected chi connectivity index (χ4v) is 3.73. The maximum absolute atomic E-state index is 9.48. The average molecular weight is 339 g/mol. The maximum Gasteiger partial charge on any atom is 0.115 e. The first-order valence-corrected chi connectivity index (χ1v) is 8.88. The molecule has 0 aliphatic rings. The third kappa shape index (κ3) is 3.13. The first-order chi connectivity index (χ1) is 11.5. The highest BCUT2D eigenvalue weighted by Crippen LogP contribution is 2.33. The van der Waals surface area contributed by atoms with Crippen LogP contribution in [0.25, 0.3) is 5.52 Å². The standard InChI is InChI=1S/C18H21N5S/c1-11(2)8-15(18-21-12(3)13(4)24-18)22-17-14(9-19)10-20-23-7-5-6-16(17)23/h5-7,10-11,15,22H,8H2,1-4H3. The zero-order valence-corrected chi connectivity index (χ0v) is 15.2. The van der Waals surface area contributed by atoms with E-state index >= 15 is 0 Å². The minimum Gasteiger partial charge on any atom is -0.373 e. The molecule has 0 saturated heterocycles. The van der Waals surface area contributed by atoms with E-state index in [1.54, 1.807) is 22.0 Å². The highest BCUT2D eigenvalue weighted by Gasteiger charge is 2.21. The minimum absolute atomic E-state index is 0.0793. The van der Waals surface area contributed by atoms with Gasteiger partial charge in [0, 0.05) is 11.1 Å². The summed E-state index contributed by atoms with van der Waals surface area (Å²) < 4.78 is 1.79. The normalized spacial score (nSPS) is 12.5. The van der Waals surface area contributed by atoms with Crippen molar-refractivity contribution in [1.82, 2.24) is 14.6 Å². The first-order valence-electron chi connectivity index (χ1n) is 8.06. The molecule has 0 spiro atoms. The van der Waals surface area contributed by atoms with Crippen molar-refractivity contribution in [1.29, 1.82) is 5.26 Å². The Morgan fingerprint density at radius 1 is 1.38 bits per heavy atom. The summed E-state index contributed by atoms with van der Waals surface area (Å²) in [5.41, 5.74) is 3.37. The van der Waals surface area contributed by atoms with E-state index in [0.29, 0.717) is 11.5 Å². The van der Waals surface area contributed by atoms with Crippen LogP contribution in [0.15, 0.2) is 24.5 Å². The lowest BCUT2D eigenvalue weighted by Gasteiger charge is -2.21. The molecule has 1 atom stereocenters. The SMILES string of the molecule is Cc1nc(C(CC(C)C)Nc2c(C#N)cnn3cccc23)sc1C. The van der Waals surface area contributed by atoms with Gasteiger partial charge in [0.1, 0.15) is 11.1 Å². The molecule has 3 aromatic heterocycles. The molecule has 0 aliphatic carbocycles. The van der Waals surface area contributed by atoms with Crippen molar-refractivity contribution in [3.8, 4) is 6.07 Å². The number of hydrogen-bond donors (Lipinski definition) is 1. The number of thiazole rings is 1. The molecule has 3 aromatic rings. The van der Waals surface area contributed by atoms with Crippen molar-refractivity contribution < 1.29 is 0 Å². The highest BCUT2D eigenvalue weighted by atomic mass is 32.1. The Hall–Kier alpha value is -2.39. The summed E-state index contributed by atoms with van der Waals surface area (Å²) in [4.78, 5) is 5.97. The van der Waals surface area contributed by atoms with Gasteiger partial charge in [-0.15, -0.1) is 11.3 Å². The van der Waals surface area contributed by atoms with E-state index in [1.807, 2.05) is 25.3 Å². The van der Waals surface area contributed by atoms with Gasteiger partial charge in [-0.2, -0.15) is 10.4 Å². The fraction of sp³-hybridized carbons (Fsp3) is 0.389. The smallest absolute Gasteiger partial charge is 0.115 e. The highest BCUT2D eigenvalue weighted by molar-refractivity contribution is 7.11. The van der Waals surface area contributed by atoms with Gasteiger partial charge in [-0.05, 0) is 38.3 Å². The van der Waals surface area contributed by atoms with Crippen molar-refractivity contribution in [2.75, 3.05) is 5.32 Å². The van der Waals surface area contributed by atoms with Gasteiger partial charge in [0.15, 0.2) is 0 Å². The van der Waals surface area contributed by atoms with E-state index in [9.17, 15) is 5.26 Å². The summed E-state index contributed by atoms with van der Waals surface area (Å²) in [5, 5.41) is 18.4. The molecule has 3 heterocycles. The van der Waals surface area contributed by atoms with Crippen LogP contribution >= 0.6 is 11.3 Å². The number of nitrogens with one attached hydrogen (secondary N) is 1. The molecular formula is C18H21N5S. The topological polar surface area (TPSA) is 66.0 Å². The Kier molecular flexibility index (Phi) is 4.54. The fourth-order valence-electron chi connectivity index (χ4n) is 2.74. The summed E-state index contributed by atoms with van der Waals surface area (Å²) >= 11 is 1.73. The quantitative estimate of drug-likeness (QED) is 0.744. The number of nitrogens with zero attached hydrogens (tertiary/aromatic N) is 4. The molecule has 124 valence electrons. The van der Waals surface area contributed by atoms with Crippen molar-refractivity contribution in [3.05, 3.63) is 45.7 Å². The Labute approximate surface area is 146 Å². The largest absolute Gasteiger partial charge is 0.373 e. The molecule has 1 unspecified atom stereocenters. The van der Waals surface area contributed by atoms with Crippen LogP contribution in [0, 0.1) is 31.1 Å². The summed E-state index contributed by atoms with van der Waals surface area (Å²) in [6.07, 6.45) is 4.45. The molecule has 0 bridgehead atoms. The van der Waals surface area contributed by atoms with E-state index in [4.69, 9.17) is 4.98 Å². The molecule has 0 aliphatic heterocycles. The van der Waals surface area contributed by atoms with Crippen molar-refractivity contribution >= 4 is 22.5 Å². The van der Waals surface area contributed by atoms with Crippen LogP contribution in [-0.4, -0.2) is 14.6 Å². The second kappa shape index (κ2) is 6.62. The number of fused-ring (bicyclic) bond motifs is 1. The molecule has 3 rings (SSSR count). The van der Waals surface area contributed by atoms with Crippen molar-refractivity contribution in [2.45, 2.75) is 40.2 Å². The number of aryl methyl sites for hydroxylation is 2. The van der Waals surface area contributed by atoms with E-state index in [-0.39, 0.29) is 6.04 Å². The molecule has 6 heteroatoms. The van der Waals surface area contributed by atoms with Crippen LogP contribution in [-0.2, 0) is 0 Å². The van der Waals surface area contributed by atoms with E-state index in [0.717, 1.165) is 28.3 Å². The predicted octanol–water partition coefficient (Wildman–Crippen LogP) is 4.48. The van der Waals surface area contributed by atoms with Gasteiger partial charge in [-0.1, -0.05) is 13.8 Å². The summed E-state index contributed by atoms with van der Waals surface area (Å²) in [7, 11) is 0. The van der Waals surface area contributed by atoms with Gasteiger partial charge in [0.05, 0.1) is 34.7 Å². The number of aromatic nitrogens is 3. The number of hydrogen-bond acceptors (Lipinski definition) is 5. The molecule has 0 fully saturated rings. The number of nitriles is 1. The predicted molar refractivity (Wildman–Crippen MR) is 97.3 cm³/mol. The zero-order valence-electron chi connectivity index (χ0n) is 14.4. The summed E-state index contributed by atoms with van der Waals surface area (Å²) in [6, 6.07) is 6.24. The van der Waals surface area contributed by atoms with Crippen molar-refractivity contribution in [2.24, 2.45) is 5.92 Å². The Bertz CT molecular complexity index is 880. The van der Waals surface area contributed by atoms with Crippen LogP contribution in [0.3, 0.4) is 0 Å². The third-order valence-electron chi connectivity index (χ3n) is 4.05. The molecule has 24 heavy (non-hydrogen) atoms. The molecule has 0 aromatic carbocycles. The van der Waals surface area contributed by atoms with Crippen LogP contribution in [0.4, 0.5) is 5.69 Å². The van der Waals surface area contributed by atoms with E-state index < -0.39 is 0 Å². The molecule has 0 saturated carbocycles. The summed E-state index contributed by atoms with van der Waals surface area (Å²) in [5.74, 6) is 0.516. The molecule has 1 N–H and O–H groups in total. The van der Waals surface area contributed by atoms with Gasteiger partial charge >= 0.3 is 0 Å². The van der Waals surface area contributed by atoms with Gasteiger partial charge in [0.2, 0.25) is 0 Å². The maximum atomic E-state index is 9.48. The second-order valence-electron chi connectivity index (χ2n) is 6.40. The second-order valence-corrected chi connectivity index (χ2v) is 7.64. The zero-order chi connectivity index (χ0) is 17.3. The molecule has 0 radical (unpaired) electrons. The van der Waals surface area contributed by atoms with E-state index in [1.165, 1.54) is 4.88 Å². The van der Waals surface area contributed by atoms with Crippen LogP contribution < -0.4 is 5.32 Å². The van der Waals surface area contributed by atoms with Gasteiger partial charge < -0.3 is 5.32 Å². The monoisotopic (exact) mass is 339 g/mol. The Balaban J connectivity index is 2.04. The first kappa shape index (κ1) is 16.5. The van der Waals surface area contributed by atoms with Gasteiger partial charge in [-0.3, -0.25) is 0 Å². The van der Waals surface area contributed by atoms with Gasteiger partial charge in [0.25, 0.3) is 0 Å². The lowest BCUT2D eigenvalue weighted by atomic mass is 10.0. The van der Waals surface area contributed by atoms with Crippen LogP contribution in [0.5, 0.6) is 0 Å². The lowest BCUT2D eigenvalue weighted by Crippen LogP contribution is -2.15. The van der Waals surface area contributed by atoms with E-state index in [2.05, 4.69) is 37.3 Å².